The quantitative estimate of drug-likeness (QED) is 0.931. The molecule has 0 saturated heterocycles. The fraction of sp³-hybridized carbons (Fsp3) is 0.786. The van der Waals surface area contributed by atoms with Gasteiger partial charge in [0.1, 0.15) is 0 Å². The number of nitrogens with two attached hydrogens (primary N) is 1. The van der Waals surface area contributed by atoms with E-state index >= 15 is 0 Å². The number of aromatic nitrogens is 2. The van der Waals surface area contributed by atoms with Crippen molar-refractivity contribution in [3.63, 3.8) is 0 Å². The van der Waals surface area contributed by atoms with Crippen LogP contribution in [0.15, 0.2) is 4.47 Å². The molecule has 0 spiro atoms. The monoisotopic (exact) mass is 313 g/mol. The van der Waals surface area contributed by atoms with E-state index in [1.165, 1.54) is 18.5 Å². The molecule has 0 amide bonds. The van der Waals surface area contributed by atoms with Crippen LogP contribution in [0.5, 0.6) is 0 Å². The molecule has 1 aromatic rings. The summed E-state index contributed by atoms with van der Waals surface area (Å²) in [5.41, 5.74) is 9.18. The molecule has 1 unspecified atom stereocenters. The van der Waals surface area contributed by atoms with Gasteiger partial charge in [0.2, 0.25) is 0 Å². The number of aryl methyl sites for hydroxylation is 2. The molecule has 3 nitrogen and oxygen atoms in total. The van der Waals surface area contributed by atoms with E-state index in [2.05, 4.69) is 41.8 Å². The topological polar surface area (TPSA) is 43.8 Å². The average molecular weight is 314 g/mol. The summed E-state index contributed by atoms with van der Waals surface area (Å²) in [7, 11) is 2.02. The number of halogens is 1. The SMILES string of the molecule is CCc1nn(C)c(CC2(N)CCCC2(C)C)c1Br. The Hall–Kier alpha value is -0.350. The third-order valence-corrected chi connectivity index (χ3v) is 5.67. The number of hydrogen-bond acceptors (Lipinski definition) is 2. The van der Waals surface area contributed by atoms with Crippen molar-refractivity contribution < 1.29 is 0 Å². The lowest BCUT2D eigenvalue weighted by atomic mass is 9.73. The summed E-state index contributed by atoms with van der Waals surface area (Å²) in [5, 5.41) is 4.56. The summed E-state index contributed by atoms with van der Waals surface area (Å²) in [6, 6.07) is 0. The summed E-state index contributed by atoms with van der Waals surface area (Å²) in [6.45, 7) is 6.73. The molecule has 1 aliphatic rings. The van der Waals surface area contributed by atoms with Crippen molar-refractivity contribution in [3.8, 4) is 0 Å². The van der Waals surface area contributed by atoms with Crippen LogP contribution in [0.3, 0.4) is 0 Å². The van der Waals surface area contributed by atoms with E-state index in [-0.39, 0.29) is 11.0 Å². The first-order chi connectivity index (χ1) is 8.31. The van der Waals surface area contributed by atoms with Gasteiger partial charge in [-0.05, 0) is 40.6 Å². The number of hydrogen-bond donors (Lipinski definition) is 1. The van der Waals surface area contributed by atoms with Crippen molar-refractivity contribution in [2.45, 2.75) is 58.4 Å². The lowest BCUT2D eigenvalue weighted by Crippen LogP contribution is -2.51. The molecule has 0 aliphatic heterocycles. The van der Waals surface area contributed by atoms with Gasteiger partial charge in [-0.25, -0.2) is 0 Å². The molecule has 0 radical (unpaired) electrons. The third-order valence-electron chi connectivity index (χ3n) is 4.76. The molecule has 2 rings (SSSR count). The standard InChI is InChI=1S/C14H24BrN3/c1-5-10-12(15)11(18(4)17-10)9-14(16)8-6-7-13(14,2)3/h5-9,16H2,1-4H3. The highest BCUT2D eigenvalue weighted by Crippen LogP contribution is 2.46. The first kappa shape index (κ1) is 14.1. The average Bonchev–Trinajstić information content (AvgIpc) is 2.70. The van der Waals surface area contributed by atoms with Crippen LogP contribution in [0.2, 0.25) is 0 Å². The molecule has 0 bridgehead atoms. The predicted octanol–water partition coefficient (Wildman–Crippen LogP) is 3.20. The van der Waals surface area contributed by atoms with Gasteiger partial charge in [0.15, 0.2) is 0 Å². The smallest absolute Gasteiger partial charge is 0.0766 e. The summed E-state index contributed by atoms with van der Waals surface area (Å²) >= 11 is 3.69. The normalized spacial score (nSPS) is 26.8. The Labute approximate surface area is 118 Å². The van der Waals surface area contributed by atoms with Crippen LogP contribution < -0.4 is 5.73 Å². The maximum Gasteiger partial charge on any atom is 0.0766 e. The second-order valence-corrected chi connectivity index (χ2v) is 7.05. The van der Waals surface area contributed by atoms with Crippen LogP contribution >= 0.6 is 15.9 Å². The van der Waals surface area contributed by atoms with Crippen molar-refractivity contribution in [1.29, 1.82) is 0 Å². The number of rotatable bonds is 3. The van der Waals surface area contributed by atoms with E-state index in [0.29, 0.717) is 0 Å². The Bertz CT molecular complexity index is 450. The van der Waals surface area contributed by atoms with E-state index in [1.807, 2.05) is 11.7 Å². The third kappa shape index (κ3) is 2.14. The lowest BCUT2D eigenvalue weighted by molar-refractivity contribution is 0.203. The molecule has 102 valence electrons. The highest BCUT2D eigenvalue weighted by molar-refractivity contribution is 9.10. The maximum atomic E-state index is 6.70. The van der Waals surface area contributed by atoms with Crippen LogP contribution in [0.1, 0.15) is 51.4 Å². The highest BCUT2D eigenvalue weighted by Gasteiger charge is 2.46. The van der Waals surface area contributed by atoms with Crippen LogP contribution in [0, 0.1) is 5.41 Å². The molecule has 1 aliphatic carbocycles. The van der Waals surface area contributed by atoms with Crippen LogP contribution in [-0.4, -0.2) is 15.3 Å². The van der Waals surface area contributed by atoms with Gasteiger partial charge in [-0.3, -0.25) is 4.68 Å². The Kier molecular flexibility index (Phi) is 3.63. The van der Waals surface area contributed by atoms with Crippen LogP contribution in [0.25, 0.3) is 0 Å². The summed E-state index contributed by atoms with van der Waals surface area (Å²) in [6.07, 6.45) is 5.43. The Morgan fingerprint density at radius 2 is 2.06 bits per heavy atom. The molecule has 1 aromatic heterocycles. The zero-order valence-corrected chi connectivity index (χ0v) is 13.5. The van der Waals surface area contributed by atoms with Crippen molar-refractivity contribution in [1.82, 2.24) is 9.78 Å². The molecular weight excluding hydrogens is 290 g/mol. The van der Waals surface area contributed by atoms with E-state index in [4.69, 9.17) is 5.73 Å². The molecule has 0 aromatic carbocycles. The van der Waals surface area contributed by atoms with E-state index in [9.17, 15) is 0 Å². The molecule has 1 saturated carbocycles. The van der Waals surface area contributed by atoms with Gasteiger partial charge in [-0.2, -0.15) is 5.10 Å². The lowest BCUT2D eigenvalue weighted by Gasteiger charge is -2.38. The van der Waals surface area contributed by atoms with Crippen molar-refractivity contribution in [3.05, 3.63) is 15.9 Å². The minimum atomic E-state index is -0.103. The summed E-state index contributed by atoms with van der Waals surface area (Å²) < 4.78 is 3.14. The van der Waals surface area contributed by atoms with Gasteiger partial charge in [0.25, 0.3) is 0 Å². The predicted molar refractivity (Wildman–Crippen MR) is 78.5 cm³/mol. The zero-order chi connectivity index (χ0) is 13.6. The minimum Gasteiger partial charge on any atom is -0.324 e. The van der Waals surface area contributed by atoms with E-state index in [0.717, 1.165) is 29.4 Å². The van der Waals surface area contributed by atoms with Gasteiger partial charge in [0.05, 0.1) is 15.9 Å². The van der Waals surface area contributed by atoms with Gasteiger partial charge in [-0.15, -0.1) is 0 Å². The second-order valence-electron chi connectivity index (χ2n) is 6.25. The molecule has 1 atom stereocenters. The van der Waals surface area contributed by atoms with Crippen LogP contribution in [0.4, 0.5) is 0 Å². The van der Waals surface area contributed by atoms with Gasteiger partial charge in [0, 0.05) is 19.0 Å². The van der Waals surface area contributed by atoms with E-state index < -0.39 is 0 Å². The molecule has 4 heteroatoms. The molecule has 1 fully saturated rings. The first-order valence-electron chi connectivity index (χ1n) is 6.80. The Morgan fingerprint density at radius 1 is 1.39 bits per heavy atom. The summed E-state index contributed by atoms with van der Waals surface area (Å²) in [4.78, 5) is 0. The Balaban J connectivity index is 2.32. The Morgan fingerprint density at radius 3 is 2.50 bits per heavy atom. The van der Waals surface area contributed by atoms with Crippen molar-refractivity contribution in [2.75, 3.05) is 0 Å². The minimum absolute atomic E-state index is 0.103. The highest BCUT2D eigenvalue weighted by atomic mass is 79.9. The van der Waals surface area contributed by atoms with Crippen molar-refractivity contribution in [2.24, 2.45) is 18.2 Å². The molecule has 1 heterocycles. The summed E-state index contributed by atoms with van der Waals surface area (Å²) in [5.74, 6) is 0. The largest absolute Gasteiger partial charge is 0.324 e. The van der Waals surface area contributed by atoms with E-state index in [1.54, 1.807) is 0 Å². The van der Waals surface area contributed by atoms with Crippen LogP contribution in [-0.2, 0) is 19.9 Å². The van der Waals surface area contributed by atoms with Gasteiger partial charge in [-0.1, -0.05) is 27.2 Å². The fourth-order valence-electron chi connectivity index (χ4n) is 3.07. The van der Waals surface area contributed by atoms with Gasteiger partial charge >= 0.3 is 0 Å². The number of nitrogens with zero attached hydrogens (tertiary/aromatic N) is 2. The fourth-order valence-corrected chi connectivity index (χ4v) is 3.83. The van der Waals surface area contributed by atoms with Gasteiger partial charge < -0.3 is 5.73 Å². The molecular formula is C14H24BrN3. The first-order valence-corrected chi connectivity index (χ1v) is 7.59. The second kappa shape index (κ2) is 4.64. The molecule has 2 N–H and O–H groups in total. The zero-order valence-electron chi connectivity index (χ0n) is 11.9. The maximum absolute atomic E-state index is 6.70. The molecule has 18 heavy (non-hydrogen) atoms. The van der Waals surface area contributed by atoms with Crippen molar-refractivity contribution >= 4 is 15.9 Å².